The summed E-state index contributed by atoms with van der Waals surface area (Å²) in [4.78, 5) is 19.2. The molecule has 0 spiro atoms. The largest absolute Gasteiger partial charge is 0.334 e. The molecular weight excluding hydrogens is 304 g/mol. The fourth-order valence-corrected chi connectivity index (χ4v) is 3.38. The van der Waals surface area contributed by atoms with Gasteiger partial charge in [0.15, 0.2) is 5.65 Å². The van der Waals surface area contributed by atoms with Gasteiger partial charge in [-0.25, -0.2) is 4.98 Å². The molecule has 1 saturated heterocycles. The van der Waals surface area contributed by atoms with Crippen LogP contribution in [0.3, 0.4) is 0 Å². The van der Waals surface area contributed by atoms with Gasteiger partial charge in [0.2, 0.25) is 0 Å². The maximum absolute atomic E-state index is 13.0. The standard InChI is InChI=1S/C17H20N6O/c1-11-7-19-22(9-11)10-14-4-3-5-23(14)17(24)13-6-15-12(2)20-21-16(15)18-8-13/h6-9,14H,3-5,10H2,1-2H3,(H,18,20,21)/t14-/m0/s1. The van der Waals surface area contributed by atoms with Gasteiger partial charge in [0.1, 0.15) is 0 Å². The Balaban J connectivity index is 1.58. The number of carbonyl (C=O) groups is 1. The minimum atomic E-state index is 0.0383. The zero-order chi connectivity index (χ0) is 16.7. The van der Waals surface area contributed by atoms with Gasteiger partial charge in [-0.3, -0.25) is 14.6 Å². The Labute approximate surface area is 139 Å². The summed E-state index contributed by atoms with van der Waals surface area (Å²) in [6.07, 6.45) is 7.52. The Bertz CT molecular complexity index is 896. The molecule has 1 aliphatic rings. The summed E-state index contributed by atoms with van der Waals surface area (Å²) in [6.45, 7) is 5.48. The number of hydrogen-bond donors (Lipinski definition) is 1. The highest BCUT2D eigenvalue weighted by Crippen LogP contribution is 2.23. The second kappa shape index (κ2) is 5.74. The van der Waals surface area contributed by atoms with Crippen LogP contribution < -0.4 is 0 Å². The van der Waals surface area contributed by atoms with Gasteiger partial charge in [-0.05, 0) is 38.3 Å². The average Bonchev–Trinajstić information content (AvgIpc) is 3.29. The summed E-state index contributed by atoms with van der Waals surface area (Å²) in [5.74, 6) is 0.0383. The molecular formula is C17H20N6O. The van der Waals surface area contributed by atoms with E-state index in [4.69, 9.17) is 0 Å². The highest BCUT2D eigenvalue weighted by molar-refractivity contribution is 5.97. The number of rotatable bonds is 3. The first-order chi connectivity index (χ1) is 11.6. The maximum atomic E-state index is 13.0. The van der Waals surface area contributed by atoms with Gasteiger partial charge in [-0.1, -0.05) is 0 Å². The normalized spacial score (nSPS) is 17.8. The molecule has 24 heavy (non-hydrogen) atoms. The van der Waals surface area contributed by atoms with E-state index in [9.17, 15) is 4.79 Å². The van der Waals surface area contributed by atoms with Crippen LogP contribution in [0.1, 0.15) is 34.5 Å². The zero-order valence-electron chi connectivity index (χ0n) is 13.9. The van der Waals surface area contributed by atoms with Gasteiger partial charge in [0.25, 0.3) is 5.91 Å². The van der Waals surface area contributed by atoms with Crippen LogP contribution in [-0.4, -0.2) is 48.4 Å². The van der Waals surface area contributed by atoms with Crippen molar-refractivity contribution in [1.29, 1.82) is 0 Å². The third kappa shape index (κ3) is 2.55. The smallest absolute Gasteiger partial charge is 0.255 e. The minimum Gasteiger partial charge on any atom is -0.334 e. The van der Waals surface area contributed by atoms with Gasteiger partial charge >= 0.3 is 0 Å². The van der Waals surface area contributed by atoms with Crippen molar-refractivity contribution in [2.45, 2.75) is 39.3 Å². The number of likely N-dealkylation sites (tertiary alicyclic amines) is 1. The molecule has 7 heteroatoms. The van der Waals surface area contributed by atoms with E-state index < -0.39 is 0 Å². The molecule has 0 unspecified atom stereocenters. The average molecular weight is 324 g/mol. The van der Waals surface area contributed by atoms with Crippen LogP contribution in [0, 0.1) is 13.8 Å². The molecule has 4 rings (SSSR count). The lowest BCUT2D eigenvalue weighted by Gasteiger charge is -2.24. The number of carbonyl (C=O) groups excluding carboxylic acids is 1. The van der Waals surface area contributed by atoms with Gasteiger partial charge in [0.05, 0.1) is 24.3 Å². The maximum Gasteiger partial charge on any atom is 0.255 e. The number of aromatic amines is 1. The topological polar surface area (TPSA) is 79.7 Å². The van der Waals surface area contributed by atoms with Crippen LogP contribution in [-0.2, 0) is 6.54 Å². The molecule has 1 atom stereocenters. The predicted octanol–water partition coefficient (Wildman–Crippen LogP) is 2.08. The van der Waals surface area contributed by atoms with Crippen molar-refractivity contribution in [1.82, 2.24) is 29.9 Å². The van der Waals surface area contributed by atoms with Gasteiger partial charge in [-0.15, -0.1) is 0 Å². The van der Waals surface area contributed by atoms with Crippen molar-refractivity contribution in [3.8, 4) is 0 Å². The molecule has 0 aromatic carbocycles. The molecule has 1 amide bonds. The third-order valence-corrected chi connectivity index (χ3v) is 4.65. The molecule has 0 radical (unpaired) electrons. The minimum absolute atomic E-state index is 0.0383. The Morgan fingerprint density at radius 2 is 2.25 bits per heavy atom. The van der Waals surface area contributed by atoms with Gasteiger partial charge in [0, 0.05) is 30.0 Å². The van der Waals surface area contributed by atoms with E-state index in [-0.39, 0.29) is 11.9 Å². The van der Waals surface area contributed by atoms with Crippen LogP contribution in [0.25, 0.3) is 11.0 Å². The number of aryl methyl sites for hydroxylation is 2. The molecule has 1 aliphatic heterocycles. The molecule has 4 heterocycles. The number of H-pyrrole nitrogens is 1. The number of aromatic nitrogens is 5. The van der Waals surface area contributed by atoms with Crippen LogP contribution in [0.15, 0.2) is 24.7 Å². The third-order valence-electron chi connectivity index (χ3n) is 4.65. The quantitative estimate of drug-likeness (QED) is 0.800. The summed E-state index contributed by atoms with van der Waals surface area (Å²) in [6, 6.07) is 2.06. The highest BCUT2D eigenvalue weighted by Gasteiger charge is 2.30. The molecule has 0 saturated carbocycles. The van der Waals surface area contributed by atoms with Crippen LogP contribution in [0.4, 0.5) is 0 Å². The fraction of sp³-hybridized carbons (Fsp3) is 0.412. The fourth-order valence-electron chi connectivity index (χ4n) is 3.38. The van der Waals surface area contributed by atoms with Crippen molar-refractivity contribution in [3.63, 3.8) is 0 Å². The van der Waals surface area contributed by atoms with Crippen molar-refractivity contribution in [2.24, 2.45) is 0 Å². The van der Waals surface area contributed by atoms with E-state index in [2.05, 4.69) is 20.3 Å². The number of amides is 1. The Hall–Kier alpha value is -2.70. The Kier molecular flexibility index (Phi) is 3.55. The van der Waals surface area contributed by atoms with Crippen molar-refractivity contribution in [2.75, 3.05) is 6.54 Å². The van der Waals surface area contributed by atoms with E-state index in [1.807, 2.05) is 41.9 Å². The monoisotopic (exact) mass is 324 g/mol. The molecule has 1 N–H and O–H groups in total. The molecule has 3 aromatic heterocycles. The number of fused-ring (bicyclic) bond motifs is 1. The van der Waals surface area contributed by atoms with Crippen molar-refractivity contribution < 1.29 is 4.79 Å². The zero-order valence-corrected chi connectivity index (χ0v) is 13.9. The summed E-state index contributed by atoms with van der Waals surface area (Å²) in [7, 11) is 0. The van der Waals surface area contributed by atoms with Crippen molar-refractivity contribution >= 4 is 16.9 Å². The van der Waals surface area contributed by atoms with E-state index in [1.54, 1.807) is 6.20 Å². The van der Waals surface area contributed by atoms with E-state index in [0.29, 0.717) is 11.2 Å². The van der Waals surface area contributed by atoms with E-state index in [0.717, 1.165) is 42.6 Å². The van der Waals surface area contributed by atoms with Crippen LogP contribution in [0.2, 0.25) is 0 Å². The molecule has 124 valence electrons. The summed E-state index contributed by atoms with van der Waals surface area (Å²) in [5, 5.41) is 12.3. The molecule has 0 bridgehead atoms. The number of nitrogens with one attached hydrogen (secondary N) is 1. The number of nitrogens with zero attached hydrogens (tertiary/aromatic N) is 5. The summed E-state index contributed by atoms with van der Waals surface area (Å²) in [5.41, 5.74) is 3.33. The number of pyridine rings is 1. The second-order valence-corrected chi connectivity index (χ2v) is 6.48. The highest BCUT2D eigenvalue weighted by atomic mass is 16.2. The Morgan fingerprint density at radius 1 is 1.38 bits per heavy atom. The SMILES string of the molecule is Cc1cnn(C[C@@H]2CCCN2C(=O)c2cnc3n[nH]c(C)c3c2)c1. The predicted molar refractivity (Wildman–Crippen MR) is 89.6 cm³/mol. The molecule has 3 aromatic rings. The van der Waals surface area contributed by atoms with Crippen molar-refractivity contribution in [3.05, 3.63) is 41.5 Å². The van der Waals surface area contributed by atoms with E-state index in [1.165, 1.54) is 0 Å². The van der Waals surface area contributed by atoms with E-state index >= 15 is 0 Å². The van der Waals surface area contributed by atoms with Gasteiger partial charge < -0.3 is 4.90 Å². The first-order valence-electron chi connectivity index (χ1n) is 8.22. The first-order valence-corrected chi connectivity index (χ1v) is 8.22. The number of hydrogen-bond acceptors (Lipinski definition) is 4. The second-order valence-electron chi connectivity index (χ2n) is 6.48. The Morgan fingerprint density at radius 3 is 3.04 bits per heavy atom. The lowest BCUT2D eigenvalue weighted by molar-refractivity contribution is 0.0721. The summed E-state index contributed by atoms with van der Waals surface area (Å²) >= 11 is 0. The van der Waals surface area contributed by atoms with Crippen LogP contribution in [0.5, 0.6) is 0 Å². The lowest BCUT2D eigenvalue weighted by Crippen LogP contribution is -2.38. The first kappa shape index (κ1) is 14.9. The molecule has 7 nitrogen and oxygen atoms in total. The molecule has 1 fully saturated rings. The summed E-state index contributed by atoms with van der Waals surface area (Å²) < 4.78 is 1.92. The van der Waals surface area contributed by atoms with Crippen LogP contribution >= 0.6 is 0 Å². The molecule has 0 aliphatic carbocycles. The van der Waals surface area contributed by atoms with Gasteiger partial charge in [-0.2, -0.15) is 10.2 Å². The lowest BCUT2D eigenvalue weighted by atomic mass is 10.1.